The van der Waals surface area contributed by atoms with Gasteiger partial charge < -0.3 is 10.1 Å². The van der Waals surface area contributed by atoms with E-state index in [9.17, 15) is 0 Å². The van der Waals surface area contributed by atoms with E-state index < -0.39 is 0 Å². The van der Waals surface area contributed by atoms with E-state index in [4.69, 9.17) is 4.74 Å². The Bertz CT molecular complexity index is 375. The zero-order chi connectivity index (χ0) is 12.8. The molecule has 0 atom stereocenters. The maximum atomic E-state index is 5.91. The lowest BCUT2D eigenvalue weighted by Crippen LogP contribution is -2.12. The van der Waals surface area contributed by atoms with Gasteiger partial charge in [-0.1, -0.05) is 25.8 Å². The van der Waals surface area contributed by atoms with Crippen LogP contribution in [0, 0.1) is 5.92 Å². The Morgan fingerprint density at radius 2 is 2.11 bits per heavy atom. The highest BCUT2D eigenvalue weighted by Crippen LogP contribution is 2.29. The van der Waals surface area contributed by atoms with Gasteiger partial charge in [0, 0.05) is 6.54 Å². The molecule has 1 fully saturated rings. The van der Waals surface area contributed by atoms with Crippen molar-refractivity contribution in [2.45, 2.75) is 39.2 Å². The second kappa shape index (κ2) is 7.15. The summed E-state index contributed by atoms with van der Waals surface area (Å²) in [6.07, 6.45) is 5.40. The van der Waals surface area contributed by atoms with Crippen LogP contribution in [-0.4, -0.2) is 13.2 Å². The van der Waals surface area contributed by atoms with Crippen LogP contribution in [0.2, 0.25) is 0 Å². The van der Waals surface area contributed by atoms with Gasteiger partial charge in [0.1, 0.15) is 5.75 Å². The number of nitrogens with one attached hydrogen (secondary N) is 1. The van der Waals surface area contributed by atoms with Gasteiger partial charge in [0.05, 0.1) is 11.1 Å². The van der Waals surface area contributed by atoms with Crippen molar-refractivity contribution in [1.82, 2.24) is 5.32 Å². The van der Waals surface area contributed by atoms with E-state index in [1.54, 1.807) is 0 Å². The first-order valence-electron chi connectivity index (χ1n) is 6.91. The molecule has 0 unspecified atom stereocenters. The van der Waals surface area contributed by atoms with Crippen molar-refractivity contribution >= 4 is 15.9 Å². The fourth-order valence-electron chi connectivity index (χ4n) is 2.43. The number of ether oxygens (including phenoxy) is 1. The molecule has 1 saturated carbocycles. The molecule has 18 heavy (non-hydrogen) atoms. The third-order valence-electron chi connectivity index (χ3n) is 3.52. The summed E-state index contributed by atoms with van der Waals surface area (Å²) in [5.74, 6) is 1.74. The maximum Gasteiger partial charge on any atom is 0.133 e. The first kappa shape index (κ1) is 13.9. The summed E-state index contributed by atoms with van der Waals surface area (Å²) in [4.78, 5) is 0. The van der Waals surface area contributed by atoms with Crippen LogP contribution in [0.5, 0.6) is 5.75 Å². The molecule has 2 nitrogen and oxygen atoms in total. The topological polar surface area (TPSA) is 21.3 Å². The molecule has 0 aliphatic heterocycles. The normalized spacial score (nSPS) is 16.1. The molecule has 1 aliphatic rings. The monoisotopic (exact) mass is 311 g/mol. The van der Waals surface area contributed by atoms with Crippen molar-refractivity contribution in [3.63, 3.8) is 0 Å². The molecule has 3 heteroatoms. The number of hydrogen-bond acceptors (Lipinski definition) is 2. The summed E-state index contributed by atoms with van der Waals surface area (Å²) >= 11 is 3.60. The number of halogens is 1. The zero-order valence-electron chi connectivity index (χ0n) is 11.0. The largest absolute Gasteiger partial charge is 0.492 e. The smallest absolute Gasteiger partial charge is 0.133 e. The van der Waals surface area contributed by atoms with Crippen molar-refractivity contribution < 1.29 is 4.74 Å². The van der Waals surface area contributed by atoms with Gasteiger partial charge in [0.15, 0.2) is 0 Å². The predicted octanol–water partition coefficient (Wildman–Crippen LogP) is 4.13. The average Bonchev–Trinajstić information content (AvgIpc) is 2.88. The van der Waals surface area contributed by atoms with Crippen molar-refractivity contribution in [1.29, 1.82) is 0 Å². The van der Waals surface area contributed by atoms with E-state index in [1.807, 2.05) is 0 Å². The molecule has 0 aromatic heterocycles. The molecular weight excluding hydrogens is 290 g/mol. The van der Waals surface area contributed by atoms with Crippen molar-refractivity contribution in [3.8, 4) is 5.75 Å². The molecule has 0 amide bonds. The maximum absolute atomic E-state index is 5.91. The predicted molar refractivity (Wildman–Crippen MR) is 79.0 cm³/mol. The molecule has 1 N–H and O–H groups in total. The van der Waals surface area contributed by atoms with E-state index in [0.29, 0.717) is 0 Å². The van der Waals surface area contributed by atoms with E-state index >= 15 is 0 Å². The molecular formula is C15H22BrNO. The highest BCUT2D eigenvalue weighted by Gasteiger charge is 2.16. The van der Waals surface area contributed by atoms with E-state index in [1.165, 1.54) is 31.2 Å². The van der Waals surface area contributed by atoms with Gasteiger partial charge in [0.25, 0.3) is 0 Å². The van der Waals surface area contributed by atoms with Crippen LogP contribution >= 0.6 is 15.9 Å². The summed E-state index contributed by atoms with van der Waals surface area (Å²) < 4.78 is 6.98. The minimum Gasteiger partial charge on any atom is -0.492 e. The van der Waals surface area contributed by atoms with Gasteiger partial charge in [-0.3, -0.25) is 0 Å². The summed E-state index contributed by atoms with van der Waals surface area (Å²) in [7, 11) is 0. The second-order valence-corrected chi connectivity index (χ2v) is 5.86. The third kappa shape index (κ3) is 3.99. The Morgan fingerprint density at radius 1 is 1.33 bits per heavy atom. The number of benzene rings is 1. The molecule has 1 aromatic carbocycles. The Labute approximate surface area is 118 Å². The van der Waals surface area contributed by atoms with Crippen LogP contribution in [0.3, 0.4) is 0 Å². The minimum atomic E-state index is 0.762. The van der Waals surface area contributed by atoms with E-state index in [2.05, 4.69) is 46.4 Å². The standard InChI is InChI=1S/C15H22BrNO/c1-2-17-10-13-7-8-15(14(16)9-13)18-11-12-5-3-4-6-12/h7-9,12,17H,2-6,10-11H2,1H3. The van der Waals surface area contributed by atoms with Crippen LogP contribution in [-0.2, 0) is 6.54 Å². The number of rotatable bonds is 6. The fraction of sp³-hybridized carbons (Fsp3) is 0.600. The van der Waals surface area contributed by atoms with Crippen molar-refractivity contribution in [2.24, 2.45) is 5.92 Å². The van der Waals surface area contributed by atoms with Crippen LogP contribution in [0.15, 0.2) is 22.7 Å². The lowest BCUT2D eigenvalue weighted by atomic mass is 10.1. The van der Waals surface area contributed by atoms with Crippen molar-refractivity contribution in [2.75, 3.05) is 13.2 Å². The van der Waals surface area contributed by atoms with Crippen LogP contribution in [0.25, 0.3) is 0 Å². The Hall–Kier alpha value is -0.540. The minimum absolute atomic E-state index is 0.762. The van der Waals surface area contributed by atoms with Crippen LogP contribution in [0.1, 0.15) is 38.2 Å². The first-order chi connectivity index (χ1) is 8.79. The highest BCUT2D eigenvalue weighted by atomic mass is 79.9. The molecule has 0 heterocycles. The SMILES string of the molecule is CCNCc1ccc(OCC2CCCC2)c(Br)c1. The molecule has 0 bridgehead atoms. The molecule has 1 aliphatic carbocycles. The summed E-state index contributed by atoms with van der Waals surface area (Å²) in [5, 5.41) is 3.33. The Kier molecular flexibility index (Phi) is 5.51. The number of hydrogen-bond donors (Lipinski definition) is 1. The van der Waals surface area contributed by atoms with Gasteiger partial charge in [-0.05, 0) is 58.9 Å². The Morgan fingerprint density at radius 3 is 2.78 bits per heavy atom. The summed E-state index contributed by atoms with van der Waals surface area (Å²) in [6.45, 7) is 4.90. The van der Waals surface area contributed by atoms with E-state index in [0.717, 1.165) is 35.8 Å². The first-order valence-corrected chi connectivity index (χ1v) is 7.71. The van der Waals surface area contributed by atoms with Gasteiger partial charge in [-0.15, -0.1) is 0 Å². The lowest BCUT2D eigenvalue weighted by molar-refractivity contribution is 0.250. The summed E-state index contributed by atoms with van der Waals surface area (Å²) in [5.41, 5.74) is 1.29. The fourth-order valence-corrected chi connectivity index (χ4v) is 2.97. The Balaban J connectivity index is 1.87. The quantitative estimate of drug-likeness (QED) is 0.853. The molecule has 100 valence electrons. The lowest BCUT2D eigenvalue weighted by Gasteiger charge is -2.13. The zero-order valence-corrected chi connectivity index (χ0v) is 12.6. The van der Waals surface area contributed by atoms with Gasteiger partial charge in [0.2, 0.25) is 0 Å². The van der Waals surface area contributed by atoms with Crippen LogP contribution < -0.4 is 10.1 Å². The molecule has 0 radical (unpaired) electrons. The average molecular weight is 312 g/mol. The molecule has 1 aromatic rings. The summed E-state index contributed by atoms with van der Waals surface area (Å²) in [6, 6.07) is 6.36. The second-order valence-electron chi connectivity index (χ2n) is 5.01. The molecule has 0 spiro atoms. The van der Waals surface area contributed by atoms with E-state index in [-0.39, 0.29) is 0 Å². The van der Waals surface area contributed by atoms with Gasteiger partial charge >= 0.3 is 0 Å². The molecule has 2 rings (SSSR count). The van der Waals surface area contributed by atoms with Gasteiger partial charge in [-0.2, -0.15) is 0 Å². The highest BCUT2D eigenvalue weighted by molar-refractivity contribution is 9.10. The molecule has 0 saturated heterocycles. The third-order valence-corrected chi connectivity index (χ3v) is 4.14. The van der Waals surface area contributed by atoms with Crippen molar-refractivity contribution in [3.05, 3.63) is 28.2 Å². The van der Waals surface area contributed by atoms with Gasteiger partial charge in [-0.25, -0.2) is 0 Å². The van der Waals surface area contributed by atoms with Crippen LogP contribution in [0.4, 0.5) is 0 Å².